The molecule has 0 rings (SSSR count). The fourth-order valence-electron chi connectivity index (χ4n) is 1.02. The van der Waals surface area contributed by atoms with E-state index in [9.17, 15) is 18.0 Å². The Morgan fingerprint density at radius 3 is 2.36 bits per heavy atom. The molecule has 0 unspecified atom stereocenters. The predicted octanol–water partition coefficient (Wildman–Crippen LogP) is 3.78. The summed E-state index contributed by atoms with van der Waals surface area (Å²) in [7, 11) is 0. The van der Waals surface area contributed by atoms with Gasteiger partial charge < -0.3 is 0 Å². The Kier molecular flexibility index (Phi) is 7.05. The molecule has 0 aliphatic carbocycles. The van der Waals surface area contributed by atoms with Crippen molar-refractivity contribution < 1.29 is 18.0 Å². The lowest BCUT2D eigenvalue weighted by Gasteiger charge is -2.04. The molecule has 0 heterocycles. The van der Waals surface area contributed by atoms with Crippen LogP contribution >= 0.6 is 11.8 Å². The summed E-state index contributed by atoms with van der Waals surface area (Å²) >= 11 is -0.0127. The van der Waals surface area contributed by atoms with Gasteiger partial charge in [-0.25, -0.2) is 0 Å². The Bertz CT molecular complexity index is 168. The van der Waals surface area contributed by atoms with Crippen LogP contribution in [0.25, 0.3) is 0 Å². The van der Waals surface area contributed by atoms with Crippen molar-refractivity contribution in [3.63, 3.8) is 0 Å². The van der Waals surface area contributed by atoms with Crippen molar-refractivity contribution in [1.82, 2.24) is 0 Å². The molecule has 14 heavy (non-hydrogen) atoms. The van der Waals surface area contributed by atoms with E-state index in [4.69, 9.17) is 0 Å². The van der Waals surface area contributed by atoms with Crippen LogP contribution in [-0.2, 0) is 4.79 Å². The molecule has 0 spiro atoms. The van der Waals surface area contributed by atoms with Gasteiger partial charge in [-0.3, -0.25) is 4.79 Å². The van der Waals surface area contributed by atoms with E-state index in [1.807, 2.05) is 6.92 Å². The molecule has 0 fully saturated rings. The predicted molar refractivity (Wildman–Crippen MR) is 52.3 cm³/mol. The molecule has 0 aromatic carbocycles. The minimum atomic E-state index is -4.13. The lowest BCUT2D eigenvalue weighted by atomic mass is 10.1. The fraction of sp³-hybridized carbons (Fsp3) is 0.889. The van der Waals surface area contributed by atoms with Gasteiger partial charge in [0.25, 0.3) is 0 Å². The molecule has 5 heteroatoms. The monoisotopic (exact) mass is 228 g/mol. The minimum Gasteiger partial charge on any atom is -0.300 e. The Hall–Kier alpha value is -0.190. The summed E-state index contributed by atoms with van der Waals surface area (Å²) in [6.45, 7) is 1.91. The maximum absolute atomic E-state index is 11.7. The SMILES string of the molecule is CCCC(=O)CCCCSC(F)(F)F. The van der Waals surface area contributed by atoms with Crippen LogP contribution in [0.2, 0.25) is 0 Å². The largest absolute Gasteiger partial charge is 0.441 e. The highest BCUT2D eigenvalue weighted by Crippen LogP contribution is 2.30. The van der Waals surface area contributed by atoms with Crippen molar-refractivity contribution in [3.05, 3.63) is 0 Å². The van der Waals surface area contributed by atoms with Gasteiger partial charge in [0.05, 0.1) is 0 Å². The van der Waals surface area contributed by atoms with Gasteiger partial charge in [0, 0.05) is 18.6 Å². The van der Waals surface area contributed by atoms with Crippen molar-refractivity contribution in [2.75, 3.05) is 5.75 Å². The molecule has 0 radical (unpaired) electrons. The van der Waals surface area contributed by atoms with Gasteiger partial charge in [-0.15, -0.1) is 0 Å². The van der Waals surface area contributed by atoms with Crippen molar-refractivity contribution in [1.29, 1.82) is 0 Å². The van der Waals surface area contributed by atoms with E-state index in [-0.39, 0.29) is 23.3 Å². The normalized spacial score (nSPS) is 11.7. The maximum Gasteiger partial charge on any atom is 0.441 e. The highest BCUT2D eigenvalue weighted by atomic mass is 32.2. The molecule has 0 bridgehead atoms. The summed E-state index contributed by atoms with van der Waals surface area (Å²) in [5.41, 5.74) is -4.13. The molecule has 0 saturated carbocycles. The Labute approximate surface area is 86.4 Å². The highest BCUT2D eigenvalue weighted by Gasteiger charge is 2.27. The van der Waals surface area contributed by atoms with E-state index in [1.54, 1.807) is 0 Å². The average Bonchev–Trinajstić information content (AvgIpc) is 2.02. The molecular formula is C9H15F3OS. The zero-order valence-electron chi connectivity index (χ0n) is 8.19. The number of thioether (sulfide) groups is 1. The van der Waals surface area contributed by atoms with E-state index < -0.39 is 5.51 Å². The molecular weight excluding hydrogens is 213 g/mol. The van der Waals surface area contributed by atoms with Crippen molar-refractivity contribution in [2.45, 2.75) is 44.5 Å². The lowest BCUT2D eigenvalue weighted by Crippen LogP contribution is -2.02. The summed E-state index contributed by atoms with van der Waals surface area (Å²) in [5, 5.41) is 0. The van der Waals surface area contributed by atoms with Crippen LogP contribution in [0.4, 0.5) is 13.2 Å². The van der Waals surface area contributed by atoms with Crippen molar-refractivity contribution in [3.8, 4) is 0 Å². The number of hydrogen-bond donors (Lipinski definition) is 0. The van der Waals surface area contributed by atoms with Gasteiger partial charge in [-0.05, 0) is 19.3 Å². The molecule has 0 amide bonds. The molecule has 0 aliphatic heterocycles. The van der Waals surface area contributed by atoms with E-state index in [0.717, 1.165) is 6.42 Å². The first-order valence-electron chi connectivity index (χ1n) is 4.68. The first kappa shape index (κ1) is 13.8. The highest BCUT2D eigenvalue weighted by molar-refractivity contribution is 8.00. The summed E-state index contributed by atoms with van der Waals surface area (Å²) in [6, 6.07) is 0. The Morgan fingerprint density at radius 2 is 1.86 bits per heavy atom. The van der Waals surface area contributed by atoms with Gasteiger partial charge in [-0.1, -0.05) is 18.7 Å². The van der Waals surface area contributed by atoms with Crippen LogP contribution in [-0.4, -0.2) is 17.0 Å². The number of Topliss-reactive ketones (excluding diaryl/α,β-unsaturated/α-hetero) is 1. The third kappa shape index (κ3) is 9.89. The smallest absolute Gasteiger partial charge is 0.300 e. The van der Waals surface area contributed by atoms with E-state index >= 15 is 0 Å². The summed E-state index contributed by atoms with van der Waals surface area (Å²) < 4.78 is 35.0. The van der Waals surface area contributed by atoms with Crippen LogP contribution in [0, 0.1) is 0 Å². The standard InChI is InChI=1S/C9H15F3OS/c1-2-5-8(13)6-3-4-7-14-9(10,11)12/h2-7H2,1H3. The van der Waals surface area contributed by atoms with Crippen LogP contribution < -0.4 is 0 Å². The fourth-order valence-corrected chi connectivity index (χ4v) is 1.60. The first-order chi connectivity index (χ1) is 6.45. The molecule has 0 saturated heterocycles. The van der Waals surface area contributed by atoms with Crippen LogP contribution in [0.3, 0.4) is 0 Å². The number of carbonyl (C=O) groups excluding carboxylic acids is 1. The van der Waals surface area contributed by atoms with Gasteiger partial charge in [-0.2, -0.15) is 13.2 Å². The second-order valence-corrected chi connectivity index (χ2v) is 4.20. The summed E-state index contributed by atoms with van der Waals surface area (Å²) in [6.07, 6.45) is 2.82. The zero-order chi connectivity index (χ0) is 11.0. The number of carbonyl (C=O) groups is 1. The average molecular weight is 228 g/mol. The number of alkyl halides is 3. The molecule has 0 atom stereocenters. The minimum absolute atomic E-state index is 0.0127. The zero-order valence-corrected chi connectivity index (χ0v) is 9.01. The number of halogens is 3. The van der Waals surface area contributed by atoms with Gasteiger partial charge in [0.1, 0.15) is 5.78 Å². The first-order valence-corrected chi connectivity index (χ1v) is 5.66. The second-order valence-electron chi connectivity index (χ2n) is 3.04. The quantitative estimate of drug-likeness (QED) is 0.617. The van der Waals surface area contributed by atoms with Crippen molar-refractivity contribution >= 4 is 17.5 Å². The molecule has 0 aromatic rings. The molecule has 84 valence electrons. The summed E-state index contributed by atoms with van der Waals surface area (Å²) in [5.74, 6) is 0.215. The van der Waals surface area contributed by atoms with Gasteiger partial charge >= 0.3 is 5.51 Å². The van der Waals surface area contributed by atoms with Gasteiger partial charge in [0.15, 0.2) is 0 Å². The topological polar surface area (TPSA) is 17.1 Å². The Balaban J connectivity index is 3.26. The van der Waals surface area contributed by atoms with E-state index in [1.165, 1.54) is 0 Å². The third-order valence-corrected chi connectivity index (χ3v) is 2.46. The van der Waals surface area contributed by atoms with Gasteiger partial charge in [0.2, 0.25) is 0 Å². The van der Waals surface area contributed by atoms with Crippen LogP contribution in [0.15, 0.2) is 0 Å². The molecule has 0 aliphatic rings. The summed E-state index contributed by atoms with van der Waals surface area (Å²) in [4.78, 5) is 11.0. The van der Waals surface area contributed by atoms with E-state index in [0.29, 0.717) is 25.7 Å². The van der Waals surface area contributed by atoms with Crippen LogP contribution in [0.5, 0.6) is 0 Å². The third-order valence-electron chi connectivity index (χ3n) is 1.64. The number of unbranched alkanes of at least 4 members (excludes halogenated alkanes) is 1. The number of hydrogen-bond acceptors (Lipinski definition) is 2. The molecule has 0 aromatic heterocycles. The Morgan fingerprint density at radius 1 is 1.21 bits per heavy atom. The van der Waals surface area contributed by atoms with Crippen molar-refractivity contribution in [2.24, 2.45) is 0 Å². The lowest BCUT2D eigenvalue weighted by molar-refractivity contribution is -0.119. The number of rotatable bonds is 7. The number of ketones is 1. The second kappa shape index (κ2) is 7.15. The van der Waals surface area contributed by atoms with Crippen LogP contribution in [0.1, 0.15) is 39.0 Å². The maximum atomic E-state index is 11.7. The molecule has 1 nitrogen and oxygen atoms in total. The van der Waals surface area contributed by atoms with E-state index in [2.05, 4.69) is 0 Å². The molecule has 0 N–H and O–H groups in total.